The zero-order chi connectivity index (χ0) is 27.3. The Morgan fingerprint density at radius 2 is 1.84 bits per heavy atom. The molecule has 1 saturated heterocycles. The standard InChI is InChI=1S/C13H20N2O3.C11H11N2S.C2H6.CH4O.U/c1-8(2)12(11-6-9(3)14-18-11)13(17)15-5-4-10(16)7-15;1-8-11(14-7-13-8)10-4-2-9(6-12)3-5-10;2*1-2;/h6,8,10,12,16H,4-5,7H2,1-3H3;2-5,7,12H,6H2,1H3;1-2H3;2H,1H3;/q;-1;;;. The predicted octanol–water partition coefficient (Wildman–Crippen LogP) is 5.62. The van der Waals surface area contributed by atoms with Crippen LogP contribution in [0.15, 0.2) is 40.4 Å². The molecule has 2 unspecified atom stereocenters. The third-order valence-electron chi connectivity index (χ3n) is 5.53. The molecule has 1 fully saturated rings. The van der Waals surface area contributed by atoms with Gasteiger partial charge in [0, 0.05) is 57.4 Å². The van der Waals surface area contributed by atoms with Gasteiger partial charge in [0.25, 0.3) is 0 Å². The van der Waals surface area contributed by atoms with Crippen LogP contribution in [0.2, 0.25) is 0 Å². The topological polar surface area (TPSA) is 123 Å². The van der Waals surface area contributed by atoms with Gasteiger partial charge in [0.15, 0.2) is 0 Å². The summed E-state index contributed by atoms with van der Waals surface area (Å²) in [4.78, 5) is 19.6. The van der Waals surface area contributed by atoms with E-state index in [9.17, 15) is 9.90 Å². The average molecular weight is 756 g/mol. The zero-order valence-electron chi connectivity index (χ0n) is 23.0. The van der Waals surface area contributed by atoms with Crippen molar-refractivity contribution in [3.05, 3.63) is 64.3 Å². The first-order chi connectivity index (χ1) is 17.3. The van der Waals surface area contributed by atoms with Crippen molar-refractivity contribution in [2.75, 3.05) is 20.2 Å². The summed E-state index contributed by atoms with van der Waals surface area (Å²) in [6.45, 7) is 13.2. The summed E-state index contributed by atoms with van der Waals surface area (Å²) in [6.07, 6.45) is 0.268. The number of carbonyl (C=O) groups is 1. The van der Waals surface area contributed by atoms with Gasteiger partial charge in [0.1, 0.15) is 11.7 Å². The minimum Gasteiger partial charge on any atom is -0.674 e. The summed E-state index contributed by atoms with van der Waals surface area (Å²) in [7, 11) is 1.00. The number of aromatic nitrogens is 2. The average Bonchev–Trinajstić information content (AvgIpc) is 3.63. The normalized spacial score (nSPS) is 14.8. The zero-order valence-corrected chi connectivity index (χ0v) is 28.0. The molecule has 1 amide bonds. The summed E-state index contributed by atoms with van der Waals surface area (Å²) < 4.78 is 5.24. The number of aryl methyl sites for hydroxylation is 2. The van der Waals surface area contributed by atoms with Gasteiger partial charge in [-0.25, -0.2) is 4.98 Å². The van der Waals surface area contributed by atoms with Gasteiger partial charge in [-0.05, 0) is 31.7 Å². The molecule has 0 bridgehead atoms. The van der Waals surface area contributed by atoms with Crippen molar-refractivity contribution in [1.29, 1.82) is 0 Å². The van der Waals surface area contributed by atoms with Crippen LogP contribution in [0.3, 0.4) is 0 Å². The number of aliphatic hydroxyl groups excluding tert-OH is 2. The molecule has 1 aromatic carbocycles. The fraction of sp³-hybridized carbons (Fsp3) is 0.519. The van der Waals surface area contributed by atoms with Gasteiger partial charge in [0.05, 0.1) is 27.9 Å². The molecule has 0 spiro atoms. The van der Waals surface area contributed by atoms with Gasteiger partial charge in [-0.1, -0.05) is 62.7 Å². The van der Waals surface area contributed by atoms with Crippen LogP contribution in [-0.4, -0.2) is 57.5 Å². The van der Waals surface area contributed by atoms with E-state index in [2.05, 4.69) is 22.3 Å². The number of hydrogen-bond donors (Lipinski definition) is 2. The smallest absolute Gasteiger partial charge is 0.233 e. The molecule has 1 aliphatic rings. The Kier molecular flexibility index (Phi) is 17.9. The Morgan fingerprint density at radius 1 is 1.22 bits per heavy atom. The van der Waals surface area contributed by atoms with Crippen molar-refractivity contribution in [3.63, 3.8) is 0 Å². The van der Waals surface area contributed by atoms with Crippen molar-refractivity contribution in [1.82, 2.24) is 15.0 Å². The number of amides is 1. The summed E-state index contributed by atoms with van der Waals surface area (Å²) in [5, 5.41) is 20.4. The first-order valence-corrected chi connectivity index (χ1v) is 13.2. The second-order valence-electron chi connectivity index (χ2n) is 8.46. The van der Waals surface area contributed by atoms with E-state index < -0.39 is 6.10 Å². The van der Waals surface area contributed by atoms with Crippen LogP contribution in [0.4, 0.5) is 0 Å². The number of nitrogens with zero attached hydrogens (tertiary/aromatic N) is 3. The fourth-order valence-electron chi connectivity index (χ4n) is 3.76. The largest absolute Gasteiger partial charge is 0.674 e. The second-order valence-corrected chi connectivity index (χ2v) is 9.31. The number of β-amino-alcohol motifs (C(OH)–C–C–N with tert-alkyl or cyclic N) is 1. The Balaban J connectivity index is 0.000000615. The monoisotopic (exact) mass is 755 g/mol. The summed E-state index contributed by atoms with van der Waals surface area (Å²) in [6, 6.07) is 9.94. The van der Waals surface area contributed by atoms with E-state index in [-0.39, 0.29) is 48.9 Å². The molecule has 2 atom stereocenters. The van der Waals surface area contributed by atoms with Gasteiger partial charge in [-0.2, -0.15) is 0 Å². The molecular weight excluding hydrogens is 714 g/mol. The quantitative estimate of drug-likeness (QED) is 0.349. The second kappa shape index (κ2) is 18.7. The number of nitrogens with one attached hydrogen (secondary N) is 1. The van der Waals surface area contributed by atoms with E-state index in [1.54, 1.807) is 16.2 Å². The summed E-state index contributed by atoms with van der Waals surface area (Å²) in [5.41, 5.74) is 13.2. The first kappa shape index (κ1) is 35.5. The van der Waals surface area contributed by atoms with Gasteiger partial charge in [-0.15, -0.1) is 17.9 Å². The van der Waals surface area contributed by atoms with Crippen LogP contribution in [0.5, 0.6) is 0 Å². The van der Waals surface area contributed by atoms with Crippen molar-refractivity contribution in [2.45, 2.75) is 66.5 Å². The van der Waals surface area contributed by atoms with Crippen LogP contribution in [0.1, 0.15) is 62.7 Å². The molecular formula is C27H41N4O4SU-. The summed E-state index contributed by atoms with van der Waals surface area (Å²) in [5.74, 6) is 0.477. The molecule has 1 aliphatic heterocycles. The van der Waals surface area contributed by atoms with Gasteiger partial charge >= 0.3 is 0 Å². The molecule has 204 valence electrons. The minimum atomic E-state index is -0.391. The number of thiazole rings is 1. The number of benzene rings is 1. The molecule has 8 nitrogen and oxygen atoms in total. The number of hydrogen-bond acceptors (Lipinski definition) is 7. The Hall–Kier alpha value is -1.54. The molecule has 0 radical (unpaired) electrons. The Morgan fingerprint density at radius 3 is 2.24 bits per heavy atom. The Labute approximate surface area is 249 Å². The van der Waals surface area contributed by atoms with E-state index in [1.165, 1.54) is 10.4 Å². The molecule has 37 heavy (non-hydrogen) atoms. The van der Waals surface area contributed by atoms with E-state index in [4.69, 9.17) is 15.4 Å². The van der Waals surface area contributed by atoms with Gasteiger partial charge < -0.3 is 25.4 Å². The number of carbonyl (C=O) groups excluding carboxylic acids is 1. The number of likely N-dealkylation sites (tertiary alicyclic amines) is 1. The van der Waals surface area contributed by atoms with Crippen molar-refractivity contribution in [3.8, 4) is 10.4 Å². The number of rotatable bonds is 5. The molecule has 3 aromatic rings. The van der Waals surface area contributed by atoms with Crippen LogP contribution in [0.25, 0.3) is 16.2 Å². The SMILES string of the molecule is CC.CO.Cc1cc(C(C(=O)N2CCC(O)C2)C(C)C)on1.Cc1ncsc1-c1ccc(C[NH-])cc1.[U]. The summed E-state index contributed by atoms with van der Waals surface area (Å²) >= 11 is 1.66. The van der Waals surface area contributed by atoms with E-state index in [1.807, 2.05) is 65.3 Å². The van der Waals surface area contributed by atoms with E-state index in [0.717, 1.165) is 24.1 Å². The Bertz CT molecular complexity index is 1020. The molecule has 10 heteroatoms. The molecule has 4 rings (SSSR count). The molecule has 0 aliphatic carbocycles. The van der Waals surface area contributed by atoms with Crippen molar-refractivity contribution in [2.24, 2.45) is 5.92 Å². The van der Waals surface area contributed by atoms with Gasteiger partial charge in [0.2, 0.25) is 5.91 Å². The van der Waals surface area contributed by atoms with E-state index in [0.29, 0.717) is 31.8 Å². The molecule has 0 saturated carbocycles. The fourth-order valence-corrected chi connectivity index (χ4v) is 4.57. The van der Waals surface area contributed by atoms with Crippen LogP contribution in [0, 0.1) is 50.9 Å². The number of aliphatic hydroxyl groups is 2. The van der Waals surface area contributed by atoms with Gasteiger partial charge in [-0.3, -0.25) is 4.79 Å². The van der Waals surface area contributed by atoms with Crippen molar-refractivity contribution >= 4 is 17.2 Å². The minimum absolute atomic E-state index is 0. The molecule has 3 heterocycles. The van der Waals surface area contributed by atoms with E-state index >= 15 is 0 Å². The molecule has 2 aromatic heterocycles. The molecule has 3 N–H and O–H groups in total. The maximum atomic E-state index is 12.5. The third kappa shape index (κ3) is 10.6. The maximum absolute atomic E-state index is 12.5. The van der Waals surface area contributed by atoms with Crippen LogP contribution >= 0.6 is 11.3 Å². The van der Waals surface area contributed by atoms with Crippen LogP contribution < -0.4 is 0 Å². The first-order valence-electron chi connectivity index (χ1n) is 12.3. The predicted molar refractivity (Wildman–Crippen MR) is 146 cm³/mol. The van der Waals surface area contributed by atoms with Crippen molar-refractivity contribution < 1.29 is 50.6 Å². The third-order valence-corrected chi connectivity index (χ3v) is 6.50. The van der Waals surface area contributed by atoms with Crippen LogP contribution in [-0.2, 0) is 11.3 Å². The maximum Gasteiger partial charge on any atom is 0.233 e.